The first-order valence-corrected chi connectivity index (χ1v) is 23.1. The van der Waals surface area contributed by atoms with Crippen molar-refractivity contribution in [1.82, 2.24) is 14.5 Å². The highest BCUT2D eigenvalue weighted by molar-refractivity contribution is 6.25. The van der Waals surface area contributed by atoms with Crippen molar-refractivity contribution in [3.8, 4) is 84.1 Å². The molecular weight excluding hydrogens is 811 g/mol. The van der Waals surface area contributed by atoms with Gasteiger partial charge in [0.2, 0.25) is 0 Å². The van der Waals surface area contributed by atoms with E-state index in [1.807, 2.05) is 12.1 Å². The maximum atomic E-state index is 5.20. The number of hydrogen-bond donors (Lipinski definition) is 0. The lowest BCUT2D eigenvalue weighted by molar-refractivity contribution is 1.04. The fourth-order valence-electron chi connectivity index (χ4n) is 9.98. The molecule has 2 heterocycles. The van der Waals surface area contributed by atoms with Gasteiger partial charge in [-0.2, -0.15) is 0 Å². The minimum atomic E-state index is 0.688. The second-order valence-corrected chi connectivity index (χ2v) is 17.1. The molecule has 0 amide bonds. The molecule has 0 fully saturated rings. The highest BCUT2D eigenvalue weighted by Crippen LogP contribution is 2.53. The number of allylic oxidation sites excluding steroid dienone is 4. The first-order valence-electron chi connectivity index (χ1n) is 23.1. The number of hydrogen-bond acceptors (Lipinski definition) is 2. The molecule has 11 aromatic rings. The number of aromatic nitrogens is 3. The van der Waals surface area contributed by atoms with Crippen LogP contribution in [0.4, 0.5) is 0 Å². The van der Waals surface area contributed by atoms with Gasteiger partial charge in [-0.3, -0.25) is 0 Å². The van der Waals surface area contributed by atoms with Gasteiger partial charge in [-0.15, -0.1) is 0 Å². The normalized spacial score (nSPS) is 12.4. The van der Waals surface area contributed by atoms with E-state index in [-0.39, 0.29) is 0 Å². The molecule has 316 valence electrons. The van der Waals surface area contributed by atoms with Crippen LogP contribution < -0.4 is 0 Å². The van der Waals surface area contributed by atoms with Gasteiger partial charge in [0.1, 0.15) is 0 Å². The van der Waals surface area contributed by atoms with Crippen molar-refractivity contribution in [1.29, 1.82) is 0 Å². The van der Waals surface area contributed by atoms with Gasteiger partial charge in [-0.1, -0.05) is 218 Å². The molecule has 0 saturated heterocycles. The summed E-state index contributed by atoms with van der Waals surface area (Å²) in [5.41, 5.74) is 20.2. The van der Waals surface area contributed by atoms with E-state index in [1.165, 1.54) is 60.8 Å². The Kier molecular flexibility index (Phi) is 10.3. The molecule has 0 radical (unpaired) electrons. The topological polar surface area (TPSA) is 30.7 Å². The minimum Gasteiger partial charge on any atom is -0.309 e. The summed E-state index contributed by atoms with van der Waals surface area (Å²) in [5, 5.41) is 2.42. The van der Waals surface area contributed by atoms with Gasteiger partial charge >= 0.3 is 0 Å². The van der Waals surface area contributed by atoms with Crippen LogP contribution in [0, 0.1) is 0 Å². The van der Waals surface area contributed by atoms with E-state index in [9.17, 15) is 0 Å². The summed E-state index contributed by atoms with van der Waals surface area (Å²) in [6.45, 7) is 0. The molecule has 0 bridgehead atoms. The highest BCUT2D eigenvalue weighted by atomic mass is 15.0. The molecule has 0 saturated carbocycles. The van der Waals surface area contributed by atoms with Gasteiger partial charge < -0.3 is 4.57 Å². The molecule has 1 aliphatic carbocycles. The van der Waals surface area contributed by atoms with E-state index >= 15 is 0 Å². The molecule has 67 heavy (non-hydrogen) atoms. The number of rotatable bonds is 9. The number of fused-ring (bicyclic) bond motifs is 3. The van der Waals surface area contributed by atoms with Crippen LogP contribution >= 0.6 is 0 Å². The zero-order valence-corrected chi connectivity index (χ0v) is 36.9. The zero-order chi connectivity index (χ0) is 44.5. The smallest absolute Gasteiger partial charge is 0.160 e. The third-order valence-corrected chi connectivity index (χ3v) is 13.0. The molecule has 9 aromatic carbocycles. The fraction of sp³-hybridized carbons (Fsp3) is 0.0312. The van der Waals surface area contributed by atoms with E-state index in [2.05, 4.69) is 241 Å². The number of benzene rings is 9. The summed E-state index contributed by atoms with van der Waals surface area (Å²) >= 11 is 0. The highest BCUT2D eigenvalue weighted by Gasteiger charge is 2.29. The van der Waals surface area contributed by atoms with E-state index in [1.54, 1.807) is 0 Å². The molecule has 12 rings (SSSR count). The van der Waals surface area contributed by atoms with Gasteiger partial charge in [0.25, 0.3) is 0 Å². The predicted octanol–water partition coefficient (Wildman–Crippen LogP) is 17.0. The van der Waals surface area contributed by atoms with Crippen LogP contribution in [-0.2, 0) is 0 Å². The maximum absolute atomic E-state index is 5.20. The summed E-state index contributed by atoms with van der Waals surface area (Å²) in [5.74, 6) is 0.688. The zero-order valence-electron chi connectivity index (χ0n) is 36.9. The van der Waals surface area contributed by atoms with Crippen molar-refractivity contribution < 1.29 is 0 Å². The van der Waals surface area contributed by atoms with Crippen LogP contribution in [-0.4, -0.2) is 14.5 Å². The van der Waals surface area contributed by atoms with Gasteiger partial charge in [0.05, 0.1) is 22.4 Å². The first kappa shape index (κ1) is 39.9. The second kappa shape index (κ2) is 17.4. The Morgan fingerprint density at radius 3 is 1.42 bits per heavy atom. The van der Waals surface area contributed by atoms with E-state index < -0.39 is 0 Å². The van der Waals surface area contributed by atoms with Crippen LogP contribution in [0.25, 0.3) is 111 Å². The average Bonchev–Trinajstić information content (AvgIpc) is 3.76. The third-order valence-electron chi connectivity index (χ3n) is 13.0. The first-order chi connectivity index (χ1) is 33.3. The largest absolute Gasteiger partial charge is 0.309 e. The van der Waals surface area contributed by atoms with Crippen molar-refractivity contribution in [3.63, 3.8) is 0 Å². The van der Waals surface area contributed by atoms with E-state index in [0.717, 1.165) is 63.3 Å². The Bertz CT molecular complexity index is 3570. The van der Waals surface area contributed by atoms with Crippen LogP contribution in [0.5, 0.6) is 0 Å². The molecule has 1 aliphatic rings. The molecule has 3 heteroatoms. The van der Waals surface area contributed by atoms with Crippen molar-refractivity contribution in [2.45, 2.75) is 12.8 Å². The van der Waals surface area contributed by atoms with E-state index in [0.29, 0.717) is 5.82 Å². The molecular formula is C64H45N3. The van der Waals surface area contributed by atoms with Gasteiger partial charge in [-0.25, -0.2) is 9.97 Å². The monoisotopic (exact) mass is 855 g/mol. The number of para-hydroxylation sites is 1. The number of nitrogens with zero attached hydrogens (tertiary/aromatic N) is 3. The Morgan fingerprint density at radius 1 is 0.358 bits per heavy atom. The minimum absolute atomic E-state index is 0.688. The lowest BCUT2D eigenvalue weighted by Crippen LogP contribution is -2.03. The van der Waals surface area contributed by atoms with Crippen molar-refractivity contribution in [3.05, 3.63) is 254 Å². The summed E-state index contributed by atoms with van der Waals surface area (Å²) in [4.78, 5) is 10.4. The van der Waals surface area contributed by atoms with E-state index in [4.69, 9.17) is 9.97 Å². The Morgan fingerprint density at radius 2 is 0.851 bits per heavy atom. The average molecular weight is 856 g/mol. The van der Waals surface area contributed by atoms with Crippen molar-refractivity contribution in [2.75, 3.05) is 0 Å². The van der Waals surface area contributed by atoms with Gasteiger partial charge in [-0.05, 0) is 87.7 Å². The lowest BCUT2D eigenvalue weighted by Gasteiger charge is -2.25. The Labute approximate surface area is 391 Å². The van der Waals surface area contributed by atoms with Crippen LogP contribution in [0.2, 0.25) is 0 Å². The van der Waals surface area contributed by atoms with Crippen LogP contribution in [0.3, 0.4) is 0 Å². The quantitative estimate of drug-likeness (QED) is 0.145. The Balaban J connectivity index is 1.17. The molecule has 3 nitrogen and oxygen atoms in total. The summed E-state index contributed by atoms with van der Waals surface area (Å²) < 4.78 is 2.52. The molecule has 0 spiro atoms. The molecule has 0 N–H and O–H groups in total. The summed E-state index contributed by atoms with van der Waals surface area (Å²) in [6.07, 6.45) is 9.15. The Hall–Kier alpha value is -8.66. The molecule has 0 atom stereocenters. The molecule has 0 aliphatic heterocycles. The van der Waals surface area contributed by atoms with Crippen LogP contribution in [0.1, 0.15) is 18.4 Å². The second-order valence-electron chi connectivity index (χ2n) is 17.1. The standard InChI is InChI=1S/C64H45N3/c1-8-23-44(24-9-1)55-43-56(45-25-10-2-11-26-45)66-64(65-55)52-36-22-35-50(41-52)51-39-40-54-57(42-51)67(53-37-20-7-21-38-53)63-61(49-33-18-6-19-34-49)59(47-29-14-4-15-30-47)58(46-27-12-3-13-28-46)60(62(54)63)48-31-16-5-17-32-48/h1-3,5-14,16-43H,4,15H2. The molecule has 0 unspecified atom stereocenters. The van der Waals surface area contributed by atoms with Crippen molar-refractivity contribution >= 4 is 27.4 Å². The van der Waals surface area contributed by atoms with Gasteiger partial charge in [0, 0.05) is 44.3 Å². The fourth-order valence-corrected chi connectivity index (χ4v) is 9.98. The third kappa shape index (κ3) is 7.37. The van der Waals surface area contributed by atoms with Crippen LogP contribution in [0.15, 0.2) is 249 Å². The summed E-state index contributed by atoms with van der Waals surface area (Å²) in [6, 6.07) is 82.6. The molecule has 2 aromatic heterocycles. The predicted molar refractivity (Wildman–Crippen MR) is 281 cm³/mol. The lowest BCUT2D eigenvalue weighted by atomic mass is 9.79. The maximum Gasteiger partial charge on any atom is 0.160 e. The SMILES string of the molecule is C1=CC(c2c(-c3ccccc3)c(-c3ccccc3)c3c4ccc(-c5cccc(-c6nc(-c7ccccc7)cc(-c7ccccc7)n6)c5)cc4n(-c4ccccc4)c3c2-c2ccccc2)=CCC1. The van der Waals surface area contributed by atoms with Crippen molar-refractivity contribution in [2.24, 2.45) is 0 Å². The van der Waals surface area contributed by atoms with Gasteiger partial charge in [0.15, 0.2) is 5.82 Å². The summed E-state index contributed by atoms with van der Waals surface area (Å²) in [7, 11) is 0.